The number of aromatic nitrogens is 2. The third-order valence-corrected chi connectivity index (χ3v) is 5.06. The zero-order valence-corrected chi connectivity index (χ0v) is 11.8. The lowest BCUT2D eigenvalue weighted by molar-refractivity contribution is 0.581. The number of nitrogens with one attached hydrogen (secondary N) is 1. The molecule has 0 radical (unpaired) electrons. The molecular formula is C10H10ClN3O2S2. The molecule has 0 bridgehead atoms. The highest BCUT2D eigenvalue weighted by Crippen LogP contribution is 2.19. The first-order valence-corrected chi connectivity index (χ1v) is 7.74. The van der Waals surface area contributed by atoms with Crippen molar-refractivity contribution in [1.82, 2.24) is 14.7 Å². The molecule has 5 nitrogen and oxygen atoms in total. The van der Waals surface area contributed by atoms with Gasteiger partial charge in [-0.2, -0.15) is 0 Å². The van der Waals surface area contributed by atoms with E-state index >= 15 is 0 Å². The van der Waals surface area contributed by atoms with Gasteiger partial charge in [0, 0.05) is 17.6 Å². The highest BCUT2D eigenvalue weighted by Gasteiger charge is 2.18. The van der Waals surface area contributed by atoms with Crippen LogP contribution < -0.4 is 4.72 Å². The number of nitrogens with zero attached hydrogens (tertiary/aromatic N) is 2. The molecule has 2 aromatic rings. The largest absolute Gasteiger partial charge is 0.250 e. The molecule has 8 heteroatoms. The molecule has 0 aliphatic carbocycles. The van der Waals surface area contributed by atoms with E-state index in [9.17, 15) is 8.42 Å². The number of rotatable bonds is 4. The Hall–Kier alpha value is -1.02. The van der Waals surface area contributed by atoms with Crippen molar-refractivity contribution < 1.29 is 8.42 Å². The Morgan fingerprint density at radius 3 is 2.83 bits per heavy atom. The first kappa shape index (κ1) is 13.4. The van der Waals surface area contributed by atoms with Crippen molar-refractivity contribution >= 4 is 33.0 Å². The second kappa shape index (κ2) is 5.31. The summed E-state index contributed by atoms with van der Waals surface area (Å²) in [6, 6.07) is 2.94. The zero-order valence-electron chi connectivity index (χ0n) is 9.42. The number of aryl methyl sites for hydroxylation is 1. The average Bonchev–Trinajstić information content (AvgIpc) is 2.73. The van der Waals surface area contributed by atoms with Crippen LogP contribution in [0.1, 0.15) is 10.6 Å². The number of sulfonamides is 1. The van der Waals surface area contributed by atoms with Crippen LogP contribution in [0.15, 0.2) is 28.7 Å². The van der Waals surface area contributed by atoms with Gasteiger partial charge >= 0.3 is 0 Å². The van der Waals surface area contributed by atoms with Crippen LogP contribution in [-0.4, -0.2) is 18.4 Å². The maximum Gasteiger partial charge on any atom is 0.243 e. The van der Waals surface area contributed by atoms with Gasteiger partial charge in [-0.05, 0) is 19.1 Å². The predicted octanol–water partition coefficient (Wildman–Crippen LogP) is 1.98. The van der Waals surface area contributed by atoms with E-state index in [1.165, 1.54) is 29.7 Å². The van der Waals surface area contributed by atoms with Gasteiger partial charge in [0.05, 0.1) is 11.2 Å². The topological polar surface area (TPSA) is 72.0 Å². The molecule has 18 heavy (non-hydrogen) atoms. The molecular weight excluding hydrogens is 294 g/mol. The maximum atomic E-state index is 12.0. The number of hydrogen-bond donors (Lipinski definition) is 1. The average molecular weight is 304 g/mol. The van der Waals surface area contributed by atoms with Crippen molar-refractivity contribution in [3.8, 4) is 0 Å². The fraction of sp³-hybridized carbons (Fsp3) is 0.200. The molecule has 0 atom stereocenters. The van der Waals surface area contributed by atoms with Crippen LogP contribution in [0, 0.1) is 6.92 Å². The zero-order chi connectivity index (χ0) is 13.2. The molecule has 96 valence electrons. The summed E-state index contributed by atoms with van der Waals surface area (Å²) in [5.74, 6) is 0. The van der Waals surface area contributed by atoms with Crippen molar-refractivity contribution in [3.63, 3.8) is 0 Å². The molecule has 2 rings (SSSR count). The Morgan fingerprint density at radius 2 is 2.22 bits per heavy atom. The molecule has 0 fully saturated rings. The predicted molar refractivity (Wildman–Crippen MR) is 70.1 cm³/mol. The number of hydrogen-bond acceptors (Lipinski definition) is 5. The SMILES string of the molecule is Cc1ncsc1CNS(=O)(=O)c1cccnc1Cl. The van der Waals surface area contributed by atoms with Crippen LogP contribution in [0.25, 0.3) is 0 Å². The molecule has 0 saturated heterocycles. The smallest absolute Gasteiger partial charge is 0.243 e. The second-order valence-corrected chi connectivity index (χ2v) is 6.51. The van der Waals surface area contributed by atoms with Crippen molar-refractivity contribution in [3.05, 3.63) is 39.6 Å². The summed E-state index contributed by atoms with van der Waals surface area (Å²) in [5.41, 5.74) is 2.50. The number of halogens is 1. The second-order valence-electron chi connectivity index (χ2n) is 3.48. The fourth-order valence-electron chi connectivity index (χ4n) is 1.31. The Kier molecular flexibility index (Phi) is 3.96. The lowest BCUT2D eigenvalue weighted by Crippen LogP contribution is -2.23. The lowest BCUT2D eigenvalue weighted by atomic mass is 10.4. The van der Waals surface area contributed by atoms with Gasteiger partial charge < -0.3 is 0 Å². The van der Waals surface area contributed by atoms with Crippen molar-refractivity contribution in [2.45, 2.75) is 18.4 Å². The van der Waals surface area contributed by atoms with Crippen LogP contribution >= 0.6 is 22.9 Å². The summed E-state index contributed by atoms with van der Waals surface area (Å²) in [6.45, 7) is 2.03. The molecule has 0 aromatic carbocycles. The van der Waals surface area contributed by atoms with Gasteiger partial charge in [-0.15, -0.1) is 11.3 Å². The molecule has 0 saturated carbocycles. The van der Waals surface area contributed by atoms with Crippen LogP contribution in [0.2, 0.25) is 5.15 Å². The molecule has 1 N–H and O–H groups in total. The third kappa shape index (κ3) is 2.86. The standard InChI is InChI=1S/C10H10ClN3O2S2/c1-7-8(17-6-13-7)5-14-18(15,16)9-3-2-4-12-10(9)11/h2-4,6,14H,5H2,1H3. The molecule has 0 aliphatic rings. The van der Waals surface area contributed by atoms with Gasteiger partial charge in [0.25, 0.3) is 0 Å². The van der Waals surface area contributed by atoms with E-state index in [1.807, 2.05) is 6.92 Å². The van der Waals surface area contributed by atoms with Gasteiger partial charge in [0.2, 0.25) is 10.0 Å². The van der Waals surface area contributed by atoms with Crippen molar-refractivity contribution in [2.75, 3.05) is 0 Å². The van der Waals surface area contributed by atoms with Crippen LogP contribution in [0.3, 0.4) is 0 Å². The van der Waals surface area contributed by atoms with E-state index < -0.39 is 10.0 Å². The lowest BCUT2D eigenvalue weighted by Gasteiger charge is -2.06. The highest BCUT2D eigenvalue weighted by molar-refractivity contribution is 7.89. The summed E-state index contributed by atoms with van der Waals surface area (Å²) >= 11 is 7.16. The summed E-state index contributed by atoms with van der Waals surface area (Å²) in [6.07, 6.45) is 1.44. The van der Waals surface area contributed by atoms with Crippen molar-refractivity contribution in [1.29, 1.82) is 0 Å². The Bertz CT molecular complexity index is 655. The monoisotopic (exact) mass is 303 g/mol. The molecule has 0 unspecified atom stereocenters. The van der Waals surface area contributed by atoms with Crippen LogP contribution in [0.5, 0.6) is 0 Å². The van der Waals surface area contributed by atoms with E-state index in [-0.39, 0.29) is 16.6 Å². The fourth-order valence-corrected chi connectivity index (χ4v) is 3.56. The molecule has 0 aliphatic heterocycles. The third-order valence-electron chi connectivity index (χ3n) is 2.28. The minimum Gasteiger partial charge on any atom is -0.250 e. The van der Waals surface area contributed by atoms with E-state index in [2.05, 4.69) is 14.7 Å². The molecule has 0 spiro atoms. The summed E-state index contributed by atoms with van der Waals surface area (Å²) in [5, 5.41) is -0.0361. The van der Waals surface area contributed by atoms with Gasteiger partial charge in [-0.3, -0.25) is 0 Å². The minimum atomic E-state index is -3.65. The van der Waals surface area contributed by atoms with Gasteiger partial charge in [0.15, 0.2) is 0 Å². The Labute approximate surface area is 114 Å². The summed E-state index contributed by atoms with van der Waals surface area (Å²) in [7, 11) is -3.65. The number of thiazole rings is 1. The van der Waals surface area contributed by atoms with Crippen LogP contribution in [0.4, 0.5) is 0 Å². The van der Waals surface area contributed by atoms with E-state index in [4.69, 9.17) is 11.6 Å². The van der Waals surface area contributed by atoms with E-state index in [0.717, 1.165) is 10.6 Å². The molecule has 0 amide bonds. The Balaban J connectivity index is 2.19. The minimum absolute atomic E-state index is 0.0196. The summed E-state index contributed by atoms with van der Waals surface area (Å²) in [4.78, 5) is 8.65. The van der Waals surface area contributed by atoms with E-state index in [0.29, 0.717) is 0 Å². The first-order valence-electron chi connectivity index (χ1n) is 5.00. The molecule has 2 aromatic heterocycles. The Morgan fingerprint density at radius 1 is 1.44 bits per heavy atom. The van der Waals surface area contributed by atoms with E-state index in [1.54, 1.807) is 5.51 Å². The maximum absolute atomic E-state index is 12.0. The van der Waals surface area contributed by atoms with Gasteiger partial charge in [0.1, 0.15) is 10.0 Å². The number of pyridine rings is 1. The van der Waals surface area contributed by atoms with Crippen LogP contribution in [-0.2, 0) is 16.6 Å². The van der Waals surface area contributed by atoms with Gasteiger partial charge in [-0.25, -0.2) is 23.1 Å². The van der Waals surface area contributed by atoms with Gasteiger partial charge in [-0.1, -0.05) is 11.6 Å². The highest BCUT2D eigenvalue weighted by atomic mass is 35.5. The quantitative estimate of drug-likeness (QED) is 0.877. The first-order chi connectivity index (χ1) is 8.50. The normalized spacial score (nSPS) is 11.7. The molecule has 2 heterocycles. The van der Waals surface area contributed by atoms with Crippen molar-refractivity contribution in [2.24, 2.45) is 0 Å². The summed E-state index contributed by atoms with van der Waals surface area (Å²) < 4.78 is 26.5.